The summed E-state index contributed by atoms with van der Waals surface area (Å²) in [6.45, 7) is 6.76. The molecule has 0 saturated carbocycles. The SMILES string of the molecule is CC1CCN(c2ccc(Nc3nccc(NC(C)c4ccccc4)n3)cc2)CC1. The summed E-state index contributed by atoms with van der Waals surface area (Å²) in [5, 5.41) is 6.76. The van der Waals surface area contributed by atoms with E-state index in [1.165, 1.54) is 24.1 Å². The Morgan fingerprint density at radius 2 is 1.69 bits per heavy atom. The molecule has 2 N–H and O–H groups in total. The van der Waals surface area contributed by atoms with Crippen molar-refractivity contribution in [3.63, 3.8) is 0 Å². The summed E-state index contributed by atoms with van der Waals surface area (Å²) in [7, 11) is 0. The number of hydrogen-bond acceptors (Lipinski definition) is 5. The number of anilines is 4. The molecule has 150 valence electrons. The number of hydrogen-bond donors (Lipinski definition) is 2. The number of rotatable bonds is 6. The Morgan fingerprint density at radius 3 is 2.41 bits per heavy atom. The first-order valence-electron chi connectivity index (χ1n) is 10.4. The predicted octanol–water partition coefficient (Wildman–Crippen LogP) is 5.63. The van der Waals surface area contributed by atoms with Gasteiger partial charge in [0.2, 0.25) is 5.95 Å². The van der Waals surface area contributed by atoms with E-state index in [0.29, 0.717) is 5.95 Å². The van der Waals surface area contributed by atoms with Crippen molar-refractivity contribution in [2.45, 2.75) is 32.7 Å². The first kappa shape index (κ1) is 19.2. The molecule has 1 fully saturated rings. The first-order valence-corrected chi connectivity index (χ1v) is 10.4. The monoisotopic (exact) mass is 387 g/mol. The minimum atomic E-state index is 0.172. The first-order chi connectivity index (χ1) is 14.2. The van der Waals surface area contributed by atoms with Gasteiger partial charge in [0.25, 0.3) is 0 Å². The van der Waals surface area contributed by atoms with Crippen LogP contribution in [-0.2, 0) is 0 Å². The quantitative estimate of drug-likeness (QED) is 0.574. The number of piperidine rings is 1. The molecule has 1 unspecified atom stereocenters. The van der Waals surface area contributed by atoms with Gasteiger partial charge < -0.3 is 15.5 Å². The highest BCUT2D eigenvalue weighted by Crippen LogP contribution is 2.25. The lowest BCUT2D eigenvalue weighted by Gasteiger charge is -2.32. The highest BCUT2D eigenvalue weighted by molar-refractivity contribution is 5.60. The lowest BCUT2D eigenvalue weighted by atomic mass is 9.99. The molecule has 1 atom stereocenters. The van der Waals surface area contributed by atoms with Crippen molar-refractivity contribution in [1.29, 1.82) is 0 Å². The lowest BCUT2D eigenvalue weighted by molar-refractivity contribution is 0.438. The number of aromatic nitrogens is 2. The molecule has 2 aromatic carbocycles. The third-order valence-electron chi connectivity index (χ3n) is 5.59. The Balaban J connectivity index is 1.39. The number of nitrogens with one attached hydrogen (secondary N) is 2. The maximum Gasteiger partial charge on any atom is 0.229 e. The van der Waals surface area contributed by atoms with Gasteiger partial charge in [-0.15, -0.1) is 0 Å². The van der Waals surface area contributed by atoms with Gasteiger partial charge in [0.15, 0.2) is 0 Å². The second-order valence-corrected chi connectivity index (χ2v) is 7.88. The number of nitrogens with zero attached hydrogens (tertiary/aromatic N) is 3. The van der Waals surface area contributed by atoms with Crippen LogP contribution in [0.3, 0.4) is 0 Å². The van der Waals surface area contributed by atoms with Gasteiger partial charge in [0.1, 0.15) is 5.82 Å². The predicted molar refractivity (Wildman–Crippen MR) is 121 cm³/mol. The summed E-state index contributed by atoms with van der Waals surface area (Å²) in [5.74, 6) is 2.24. The molecule has 29 heavy (non-hydrogen) atoms. The van der Waals surface area contributed by atoms with E-state index in [1.54, 1.807) is 6.20 Å². The van der Waals surface area contributed by atoms with Crippen LogP contribution >= 0.6 is 0 Å². The van der Waals surface area contributed by atoms with E-state index in [9.17, 15) is 0 Å². The van der Waals surface area contributed by atoms with Crippen LogP contribution in [0.25, 0.3) is 0 Å². The van der Waals surface area contributed by atoms with E-state index in [0.717, 1.165) is 30.5 Å². The van der Waals surface area contributed by atoms with Crippen LogP contribution < -0.4 is 15.5 Å². The lowest BCUT2D eigenvalue weighted by Crippen LogP contribution is -2.32. The van der Waals surface area contributed by atoms with Crippen molar-refractivity contribution < 1.29 is 0 Å². The molecular formula is C24H29N5. The smallest absolute Gasteiger partial charge is 0.229 e. The average molecular weight is 388 g/mol. The fourth-order valence-corrected chi connectivity index (χ4v) is 3.70. The standard InChI is InChI=1S/C24H29N5/c1-18-13-16-29(17-14-18)22-10-8-21(9-11-22)27-24-25-15-12-23(28-24)26-19(2)20-6-4-3-5-7-20/h3-12,15,18-19H,13-14,16-17H2,1-2H3,(H2,25,26,27,28). The van der Waals surface area contributed by atoms with Gasteiger partial charge >= 0.3 is 0 Å². The normalized spacial score (nSPS) is 15.7. The largest absolute Gasteiger partial charge is 0.372 e. The Hall–Kier alpha value is -3.08. The van der Waals surface area contributed by atoms with Crippen LogP contribution in [0.15, 0.2) is 66.9 Å². The molecule has 1 aromatic heterocycles. The van der Waals surface area contributed by atoms with E-state index in [2.05, 4.69) is 87.9 Å². The average Bonchev–Trinajstić information content (AvgIpc) is 2.76. The maximum atomic E-state index is 4.61. The van der Waals surface area contributed by atoms with Crippen molar-refractivity contribution in [3.8, 4) is 0 Å². The molecule has 1 saturated heterocycles. The van der Waals surface area contributed by atoms with Crippen LogP contribution in [0.1, 0.15) is 38.3 Å². The molecule has 0 spiro atoms. The fraction of sp³-hybridized carbons (Fsp3) is 0.333. The fourth-order valence-electron chi connectivity index (χ4n) is 3.70. The summed E-state index contributed by atoms with van der Waals surface area (Å²) < 4.78 is 0. The Labute approximate surface area is 173 Å². The minimum Gasteiger partial charge on any atom is -0.372 e. The van der Waals surface area contributed by atoms with Crippen LogP contribution in [0, 0.1) is 5.92 Å². The molecule has 4 rings (SSSR count). The minimum absolute atomic E-state index is 0.172. The van der Waals surface area contributed by atoms with Crippen LogP contribution in [0.2, 0.25) is 0 Å². The maximum absolute atomic E-state index is 4.61. The van der Waals surface area contributed by atoms with Gasteiger partial charge in [-0.3, -0.25) is 0 Å². The molecular weight excluding hydrogens is 358 g/mol. The summed E-state index contributed by atoms with van der Waals surface area (Å²) in [6.07, 6.45) is 4.32. The van der Waals surface area contributed by atoms with Crippen molar-refractivity contribution in [2.24, 2.45) is 5.92 Å². The topological polar surface area (TPSA) is 53.1 Å². The zero-order valence-corrected chi connectivity index (χ0v) is 17.2. The van der Waals surface area contributed by atoms with Crippen molar-refractivity contribution in [1.82, 2.24) is 9.97 Å². The molecule has 2 heterocycles. The van der Waals surface area contributed by atoms with E-state index >= 15 is 0 Å². The van der Waals surface area contributed by atoms with Gasteiger partial charge in [-0.1, -0.05) is 37.3 Å². The second kappa shape index (κ2) is 8.95. The Morgan fingerprint density at radius 1 is 0.966 bits per heavy atom. The zero-order chi connectivity index (χ0) is 20.1. The molecule has 1 aliphatic rings. The molecule has 0 amide bonds. The molecule has 3 aromatic rings. The number of benzene rings is 2. The Bertz CT molecular complexity index is 902. The highest BCUT2D eigenvalue weighted by atomic mass is 15.2. The van der Waals surface area contributed by atoms with E-state index < -0.39 is 0 Å². The summed E-state index contributed by atoms with van der Waals surface area (Å²) in [6, 6.07) is 21.0. The second-order valence-electron chi connectivity index (χ2n) is 7.88. The van der Waals surface area contributed by atoms with E-state index in [4.69, 9.17) is 0 Å². The van der Waals surface area contributed by atoms with Gasteiger partial charge in [-0.2, -0.15) is 4.98 Å². The van der Waals surface area contributed by atoms with Gasteiger partial charge in [0.05, 0.1) is 0 Å². The van der Waals surface area contributed by atoms with Gasteiger partial charge in [-0.25, -0.2) is 4.98 Å². The molecule has 5 nitrogen and oxygen atoms in total. The van der Waals surface area contributed by atoms with Crippen molar-refractivity contribution >= 4 is 23.1 Å². The zero-order valence-electron chi connectivity index (χ0n) is 17.2. The van der Waals surface area contributed by atoms with Gasteiger partial charge in [0, 0.05) is 36.7 Å². The van der Waals surface area contributed by atoms with Crippen molar-refractivity contribution in [2.75, 3.05) is 28.6 Å². The molecule has 5 heteroatoms. The van der Waals surface area contributed by atoms with Crippen LogP contribution in [0.5, 0.6) is 0 Å². The Kier molecular flexibility index (Phi) is 5.94. The molecule has 0 bridgehead atoms. The van der Waals surface area contributed by atoms with Crippen molar-refractivity contribution in [3.05, 3.63) is 72.4 Å². The summed E-state index contributed by atoms with van der Waals surface area (Å²) in [4.78, 5) is 11.4. The van der Waals surface area contributed by atoms with Crippen LogP contribution in [0.4, 0.5) is 23.1 Å². The molecule has 0 radical (unpaired) electrons. The van der Waals surface area contributed by atoms with E-state index in [-0.39, 0.29) is 6.04 Å². The highest BCUT2D eigenvalue weighted by Gasteiger charge is 2.15. The van der Waals surface area contributed by atoms with Gasteiger partial charge in [-0.05, 0) is 61.6 Å². The van der Waals surface area contributed by atoms with Crippen LogP contribution in [-0.4, -0.2) is 23.1 Å². The third-order valence-corrected chi connectivity index (χ3v) is 5.59. The molecule has 1 aliphatic heterocycles. The summed E-state index contributed by atoms with van der Waals surface area (Å²) in [5.41, 5.74) is 3.51. The molecule has 0 aliphatic carbocycles. The van der Waals surface area contributed by atoms with E-state index in [1.807, 2.05) is 12.1 Å². The summed E-state index contributed by atoms with van der Waals surface area (Å²) >= 11 is 0. The third kappa shape index (κ3) is 5.05.